The Kier molecular flexibility index (Phi) is 4.19. The van der Waals surface area contributed by atoms with E-state index in [2.05, 4.69) is 5.32 Å². The number of aliphatic hydroxyl groups excluding tert-OH is 1. The van der Waals surface area contributed by atoms with Crippen molar-refractivity contribution >= 4 is 11.9 Å². The molecule has 6 nitrogen and oxygen atoms in total. The minimum absolute atomic E-state index is 0.133. The molecule has 2 atom stereocenters. The molecule has 0 aliphatic carbocycles. The fraction of sp³-hybridized carbons (Fsp3) is 0.833. The molecule has 2 fully saturated rings. The van der Waals surface area contributed by atoms with E-state index in [4.69, 9.17) is 5.11 Å². The average Bonchev–Trinajstić information content (AvgIpc) is 2.73. The second-order valence-corrected chi connectivity index (χ2v) is 5.19. The molecule has 0 bridgehead atoms. The summed E-state index contributed by atoms with van der Waals surface area (Å²) in [7, 11) is 0. The molecule has 1 amide bonds. The summed E-state index contributed by atoms with van der Waals surface area (Å²) in [5.74, 6) is -0.818. The zero-order chi connectivity index (χ0) is 13.1. The zero-order valence-electron chi connectivity index (χ0n) is 10.3. The fourth-order valence-electron chi connectivity index (χ4n) is 2.77. The maximum absolute atomic E-state index is 12.1. The standard InChI is InChI=1S/C12H20N2O4/c15-9-6-10(12(17)18)14(7-9)11(16)5-8-1-3-13-4-2-8/h8-10,13,15H,1-7H2,(H,17,18)/t9-,10-/m0/s1. The molecule has 0 aromatic carbocycles. The van der Waals surface area contributed by atoms with Crippen LogP contribution < -0.4 is 5.32 Å². The number of β-amino-alcohol motifs (C(OH)–C–C–N with tert-alkyl or cyclic N) is 1. The molecule has 3 N–H and O–H groups in total. The van der Waals surface area contributed by atoms with Crippen LogP contribution in [0.2, 0.25) is 0 Å². The quantitative estimate of drug-likeness (QED) is 0.629. The second kappa shape index (κ2) is 5.67. The van der Waals surface area contributed by atoms with Crippen LogP contribution in [0.1, 0.15) is 25.7 Å². The summed E-state index contributed by atoms with van der Waals surface area (Å²) in [6.07, 6.45) is 1.76. The number of nitrogens with one attached hydrogen (secondary N) is 1. The van der Waals surface area contributed by atoms with Crippen molar-refractivity contribution in [2.75, 3.05) is 19.6 Å². The van der Waals surface area contributed by atoms with Gasteiger partial charge < -0.3 is 20.4 Å². The normalized spacial score (nSPS) is 29.5. The Morgan fingerprint density at radius 2 is 1.94 bits per heavy atom. The molecule has 2 saturated heterocycles. The van der Waals surface area contributed by atoms with Crippen LogP contribution in [0, 0.1) is 5.92 Å². The molecule has 2 heterocycles. The molecule has 6 heteroatoms. The number of carbonyl (C=O) groups is 2. The Balaban J connectivity index is 1.92. The molecule has 18 heavy (non-hydrogen) atoms. The van der Waals surface area contributed by atoms with Crippen LogP contribution in [0.15, 0.2) is 0 Å². The van der Waals surface area contributed by atoms with Crippen molar-refractivity contribution in [2.24, 2.45) is 5.92 Å². The third-order valence-electron chi connectivity index (χ3n) is 3.81. The van der Waals surface area contributed by atoms with Gasteiger partial charge in [-0.15, -0.1) is 0 Å². The van der Waals surface area contributed by atoms with Gasteiger partial charge in [0, 0.05) is 19.4 Å². The average molecular weight is 256 g/mol. The first-order valence-electron chi connectivity index (χ1n) is 6.49. The predicted octanol–water partition coefficient (Wildman–Crippen LogP) is -0.577. The number of nitrogens with zero attached hydrogens (tertiary/aromatic N) is 1. The molecular weight excluding hydrogens is 236 g/mol. The molecule has 2 rings (SSSR count). The highest BCUT2D eigenvalue weighted by atomic mass is 16.4. The van der Waals surface area contributed by atoms with Crippen LogP contribution in [-0.4, -0.2) is 58.8 Å². The lowest BCUT2D eigenvalue weighted by Gasteiger charge is -2.26. The van der Waals surface area contributed by atoms with Gasteiger partial charge >= 0.3 is 5.97 Å². The number of amides is 1. The Morgan fingerprint density at radius 1 is 1.28 bits per heavy atom. The third-order valence-corrected chi connectivity index (χ3v) is 3.81. The SMILES string of the molecule is O=C(O)[C@@H]1C[C@H](O)CN1C(=O)CC1CCNCC1. The first-order chi connectivity index (χ1) is 8.58. The molecule has 102 valence electrons. The van der Waals surface area contributed by atoms with Gasteiger partial charge in [-0.1, -0.05) is 0 Å². The van der Waals surface area contributed by atoms with E-state index in [0.29, 0.717) is 12.3 Å². The first kappa shape index (κ1) is 13.3. The molecule has 0 saturated carbocycles. The summed E-state index contributed by atoms with van der Waals surface area (Å²) in [6, 6.07) is -0.853. The summed E-state index contributed by atoms with van der Waals surface area (Å²) < 4.78 is 0. The summed E-state index contributed by atoms with van der Waals surface area (Å²) in [5, 5.41) is 21.8. The first-order valence-corrected chi connectivity index (χ1v) is 6.49. The van der Waals surface area contributed by atoms with Gasteiger partial charge in [-0.05, 0) is 31.8 Å². The second-order valence-electron chi connectivity index (χ2n) is 5.19. The summed E-state index contributed by atoms with van der Waals surface area (Å²) >= 11 is 0. The van der Waals surface area contributed by atoms with Gasteiger partial charge in [-0.3, -0.25) is 4.79 Å². The Bertz CT molecular complexity index is 328. The van der Waals surface area contributed by atoms with Gasteiger partial charge in [0.1, 0.15) is 6.04 Å². The molecular formula is C12H20N2O4. The third kappa shape index (κ3) is 3.00. The molecule has 0 aromatic heterocycles. The number of aliphatic hydroxyl groups is 1. The van der Waals surface area contributed by atoms with Gasteiger partial charge in [-0.2, -0.15) is 0 Å². The van der Waals surface area contributed by atoms with Crippen LogP contribution in [0.5, 0.6) is 0 Å². The van der Waals surface area contributed by atoms with E-state index in [-0.39, 0.29) is 18.9 Å². The maximum atomic E-state index is 12.1. The minimum Gasteiger partial charge on any atom is -0.480 e. The van der Waals surface area contributed by atoms with Crippen molar-refractivity contribution < 1.29 is 19.8 Å². The van der Waals surface area contributed by atoms with Crippen molar-refractivity contribution in [2.45, 2.75) is 37.8 Å². The van der Waals surface area contributed by atoms with Gasteiger partial charge in [-0.25, -0.2) is 4.79 Å². The highest BCUT2D eigenvalue weighted by Crippen LogP contribution is 2.23. The van der Waals surface area contributed by atoms with Gasteiger partial charge in [0.25, 0.3) is 0 Å². The van der Waals surface area contributed by atoms with Crippen molar-refractivity contribution in [3.8, 4) is 0 Å². The van der Waals surface area contributed by atoms with Crippen LogP contribution in [0.4, 0.5) is 0 Å². The largest absolute Gasteiger partial charge is 0.480 e. The highest BCUT2D eigenvalue weighted by Gasteiger charge is 2.39. The van der Waals surface area contributed by atoms with Crippen molar-refractivity contribution in [3.05, 3.63) is 0 Å². The molecule has 0 unspecified atom stereocenters. The Morgan fingerprint density at radius 3 is 2.56 bits per heavy atom. The number of carboxylic acid groups (broad SMARTS) is 1. The predicted molar refractivity (Wildman–Crippen MR) is 64.0 cm³/mol. The van der Waals surface area contributed by atoms with Crippen LogP contribution in [-0.2, 0) is 9.59 Å². The summed E-state index contributed by atoms with van der Waals surface area (Å²) in [4.78, 5) is 24.5. The zero-order valence-corrected chi connectivity index (χ0v) is 10.3. The van der Waals surface area contributed by atoms with E-state index in [0.717, 1.165) is 25.9 Å². The van der Waals surface area contributed by atoms with Gasteiger partial charge in [0.05, 0.1) is 6.10 Å². The van der Waals surface area contributed by atoms with E-state index in [1.165, 1.54) is 4.90 Å². The number of hydrogen-bond acceptors (Lipinski definition) is 4. The van der Waals surface area contributed by atoms with Crippen molar-refractivity contribution in [1.29, 1.82) is 0 Å². The molecule has 2 aliphatic rings. The number of carbonyl (C=O) groups excluding carboxylic acids is 1. The lowest BCUT2D eigenvalue weighted by atomic mass is 9.94. The minimum atomic E-state index is -1.02. The lowest BCUT2D eigenvalue weighted by molar-refractivity contribution is -0.148. The monoisotopic (exact) mass is 256 g/mol. The Hall–Kier alpha value is -1.14. The van der Waals surface area contributed by atoms with E-state index in [9.17, 15) is 14.7 Å². The van der Waals surface area contributed by atoms with Gasteiger partial charge in [0.15, 0.2) is 0 Å². The number of likely N-dealkylation sites (tertiary alicyclic amines) is 1. The molecule has 0 aromatic rings. The lowest BCUT2D eigenvalue weighted by Crippen LogP contribution is -2.42. The Labute approximate surface area is 106 Å². The molecule has 2 aliphatic heterocycles. The summed E-state index contributed by atoms with van der Waals surface area (Å²) in [6.45, 7) is 1.99. The van der Waals surface area contributed by atoms with E-state index < -0.39 is 18.1 Å². The van der Waals surface area contributed by atoms with E-state index >= 15 is 0 Å². The molecule has 0 radical (unpaired) electrons. The van der Waals surface area contributed by atoms with E-state index in [1.54, 1.807) is 0 Å². The fourth-order valence-corrected chi connectivity index (χ4v) is 2.77. The van der Waals surface area contributed by atoms with Crippen molar-refractivity contribution in [3.63, 3.8) is 0 Å². The number of rotatable bonds is 3. The molecule has 0 spiro atoms. The summed E-state index contributed by atoms with van der Waals surface area (Å²) in [5.41, 5.74) is 0. The van der Waals surface area contributed by atoms with Crippen LogP contribution >= 0.6 is 0 Å². The number of carboxylic acids is 1. The highest BCUT2D eigenvalue weighted by molar-refractivity contribution is 5.84. The number of aliphatic carboxylic acids is 1. The number of piperidine rings is 1. The smallest absolute Gasteiger partial charge is 0.326 e. The van der Waals surface area contributed by atoms with E-state index in [1.807, 2.05) is 0 Å². The van der Waals surface area contributed by atoms with Gasteiger partial charge in [0.2, 0.25) is 5.91 Å². The maximum Gasteiger partial charge on any atom is 0.326 e. The topological polar surface area (TPSA) is 89.9 Å². The number of hydrogen-bond donors (Lipinski definition) is 3. The van der Waals surface area contributed by atoms with Crippen molar-refractivity contribution in [1.82, 2.24) is 10.2 Å². The van der Waals surface area contributed by atoms with Crippen LogP contribution in [0.25, 0.3) is 0 Å². The van der Waals surface area contributed by atoms with Crippen LogP contribution in [0.3, 0.4) is 0 Å².